The average molecular weight is 370 g/mol. The Hall–Kier alpha value is -2.70. The van der Waals surface area contributed by atoms with Gasteiger partial charge in [0.25, 0.3) is 17.0 Å². The summed E-state index contributed by atoms with van der Waals surface area (Å²) in [6.45, 7) is 8.22. The van der Waals surface area contributed by atoms with E-state index in [1.54, 1.807) is 17.0 Å². The fourth-order valence-electron chi connectivity index (χ4n) is 3.65. The number of hydrogen-bond acceptors (Lipinski definition) is 4. The molecule has 0 aromatic carbocycles. The average Bonchev–Trinajstić information content (AvgIpc) is 3.10. The van der Waals surface area contributed by atoms with E-state index in [4.69, 9.17) is 0 Å². The summed E-state index contributed by atoms with van der Waals surface area (Å²) in [7, 11) is 0. The molecule has 0 saturated carbocycles. The number of likely N-dealkylation sites (tertiary alicyclic amines) is 1. The molecular weight excluding hydrogens is 344 g/mol. The van der Waals surface area contributed by atoms with Gasteiger partial charge in [-0.3, -0.25) is 14.4 Å². The molecule has 2 aromatic rings. The zero-order valence-corrected chi connectivity index (χ0v) is 16.3. The van der Waals surface area contributed by atoms with Gasteiger partial charge in [-0.2, -0.15) is 0 Å². The van der Waals surface area contributed by atoms with E-state index in [9.17, 15) is 14.4 Å². The number of carbonyl (C=O) groups excluding carboxylic acids is 1. The summed E-state index contributed by atoms with van der Waals surface area (Å²) in [5, 5.41) is 0. The lowest BCUT2D eigenvalue weighted by Crippen LogP contribution is -2.36. The van der Waals surface area contributed by atoms with Crippen molar-refractivity contribution in [3.05, 3.63) is 61.2 Å². The van der Waals surface area contributed by atoms with Gasteiger partial charge in [-0.1, -0.05) is 20.8 Å². The minimum atomic E-state index is -0.379. The Balaban J connectivity index is 1.94. The molecule has 0 radical (unpaired) electrons. The van der Waals surface area contributed by atoms with Crippen LogP contribution < -0.4 is 11.1 Å². The minimum absolute atomic E-state index is 0.121. The molecule has 1 saturated heterocycles. The van der Waals surface area contributed by atoms with Gasteiger partial charge in [-0.25, -0.2) is 4.98 Å². The maximum Gasteiger partial charge on any atom is 0.261 e. The summed E-state index contributed by atoms with van der Waals surface area (Å²) in [6, 6.07) is 3.05. The van der Waals surface area contributed by atoms with Gasteiger partial charge in [0.05, 0.1) is 6.04 Å². The Morgan fingerprint density at radius 2 is 2.00 bits per heavy atom. The van der Waals surface area contributed by atoms with E-state index in [1.807, 2.05) is 27.7 Å². The number of aryl methyl sites for hydroxylation is 1. The second-order valence-electron chi connectivity index (χ2n) is 7.34. The summed E-state index contributed by atoms with van der Waals surface area (Å²) in [5.74, 6) is 0.348. The molecule has 3 heterocycles. The Morgan fingerprint density at radius 1 is 1.26 bits per heavy atom. The highest BCUT2D eigenvalue weighted by atomic mass is 16.2. The molecule has 1 aliphatic rings. The van der Waals surface area contributed by atoms with Crippen LogP contribution in [-0.4, -0.2) is 32.3 Å². The first kappa shape index (κ1) is 19.1. The van der Waals surface area contributed by atoms with E-state index in [2.05, 4.69) is 15.0 Å². The molecule has 2 aromatic heterocycles. The molecule has 1 aliphatic heterocycles. The molecule has 1 amide bonds. The van der Waals surface area contributed by atoms with Crippen LogP contribution in [0.5, 0.6) is 0 Å². The van der Waals surface area contributed by atoms with Gasteiger partial charge in [0.1, 0.15) is 11.4 Å². The first-order valence-electron chi connectivity index (χ1n) is 9.47. The number of nitrogens with zero attached hydrogens (tertiary/aromatic N) is 2. The van der Waals surface area contributed by atoms with Gasteiger partial charge >= 0.3 is 0 Å². The molecule has 0 aliphatic carbocycles. The highest BCUT2D eigenvalue weighted by Crippen LogP contribution is 2.30. The van der Waals surface area contributed by atoms with Gasteiger partial charge in [-0.05, 0) is 44.2 Å². The smallest absolute Gasteiger partial charge is 0.261 e. The number of amides is 1. The molecule has 0 bridgehead atoms. The lowest BCUT2D eigenvalue weighted by atomic mass is 10.1. The van der Waals surface area contributed by atoms with E-state index in [1.165, 1.54) is 0 Å². The first-order chi connectivity index (χ1) is 12.8. The number of hydrogen-bond donors (Lipinski definition) is 2. The largest absolute Gasteiger partial charge is 0.328 e. The summed E-state index contributed by atoms with van der Waals surface area (Å²) in [4.78, 5) is 49.5. The maximum absolute atomic E-state index is 13.0. The molecule has 27 heavy (non-hydrogen) atoms. The van der Waals surface area contributed by atoms with Crippen LogP contribution in [0.2, 0.25) is 0 Å². The SMILES string of the molecule is CCc1c(C)nc([C@@H]2CCCN2C(=O)c2ccc(C(C)C)[nH]c2=O)[nH]c1=O. The molecule has 144 valence electrons. The summed E-state index contributed by atoms with van der Waals surface area (Å²) in [5.41, 5.74) is 1.74. The van der Waals surface area contributed by atoms with Crippen molar-refractivity contribution in [3.8, 4) is 0 Å². The van der Waals surface area contributed by atoms with Gasteiger partial charge in [0.2, 0.25) is 0 Å². The number of aromatic nitrogens is 3. The molecule has 1 fully saturated rings. The minimum Gasteiger partial charge on any atom is -0.328 e. The monoisotopic (exact) mass is 370 g/mol. The van der Waals surface area contributed by atoms with Crippen molar-refractivity contribution in [2.24, 2.45) is 0 Å². The lowest BCUT2D eigenvalue weighted by Gasteiger charge is -2.24. The number of nitrogens with one attached hydrogen (secondary N) is 2. The quantitative estimate of drug-likeness (QED) is 0.863. The molecule has 3 rings (SSSR count). The predicted molar refractivity (Wildman–Crippen MR) is 103 cm³/mol. The number of pyridine rings is 1. The van der Waals surface area contributed by atoms with Crippen molar-refractivity contribution in [3.63, 3.8) is 0 Å². The van der Waals surface area contributed by atoms with E-state index in [0.717, 1.165) is 12.1 Å². The number of carbonyl (C=O) groups is 1. The Bertz CT molecular complexity index is 974. The Labute approximate surface area is 157 Å². The maximum atomic E-state index is 13.0. The summed E-state index contributed by atoms with van der Waals surface area (Å²) in [6.07, 6.45) is 2.12. The van der Waals surface area contributed by atoms with Gasteiger partial charge in [0.15, 0.2) is 0 Å². The van der Waals surface area contributed by atoms with Crippen LogP contribution in [-0.2, 0) is 6.42 Å². The van der Waals surface area contributed by atoms with Gasteiger partial charge in [-0.15, -0.1) is 0 Å². The predicted octanol–water partition coefficient (Wildman–Crippen LogP) is 2.43. The zero-order valence-electron chi connectivity index (χ0n) is 16.3. The zero-order chi connectivity index (χ0) is 19.7. The van der Waals surface area contributed by atoms with Crippen LogP contribution in [0.3, 0.4) is 0 Å². The third-order valence-electron chi connectivity index (χ3n) is 5.21. The van der Waals surface area contributed by atoms with Crippen molar-refractivity contribution in [2.45, 2.75) is 58.9 Å². The summed E-state index contributed by atoms with van der Waals surface area (Å²) < 4.78 is 0. The number of aromatic amines is 2. The normalized spacial score (nSPS) is 16.9. The van der Waals surface area contributed by atoms with E-state index >= 15 is 0 Å². The van der Waals surface area contributed by atoms with Crippen molar-refractivity contribution in [2.75, 3.05) is 6.54 Å². The highest BCUT2D eigenvalue weighted by Gasteiger charge is 2.33. The van der Waals surface area contributed by atoms with Crippen LogP contribution in [0.15, 0.2) is 21.7 Å². The number of rotatable bonds is 4. The molecular formula is C20H26N4O3. The second kappa shape index (κ2) is 7.50. The van der Waals surface area contributed by atoms with Crippen LogP contribution in [0.1, 0.15) is 78.7 Å². The molecule has 7 nitrogen and oxygen atoms in total. The standard InChI is InChI=1S/C20H26N4O3/c1-5-13-12(4)21-17(23-18(13)25)16-7-6-10-24(16)20(27)14-8-9-15(11(2)3)22-19(14)26/h8-9,11,16H,5-7,10H2,1-4H3,(H,22,26)(H,21,23,25)/t16-/m0/s1. The number of H-pyrrole nitrogens is 2. The van der Waals surface area contributed by atoms with Crippen molar-refractivity contribution < 1.29 is 4.79 Å². The summed E-state index contributed by atoms with van der Waals surface area (Å²) >= 11 is 0. The second-order valence-corrected chi connectivity index (χ2v) is 7.34. The van der Waals surface area contributed by atoms with E-state index < -0.39 is 0 Å². The van der Waals surface area contributed by atoms with Crippen LogP contribution in [0, 0.1) is 6.92 Å². The third-order valence-corrected chi connectivity index (χ3v) is 5.21. The fourth-order valence-corrected chi connectivity index (χ4v) is 3.65. The first-order valence-corrected chi connectivity index (χ1v) is 9.47. The third kappa shape index (κ3) is 3.59. The van der Waals surface area contributed by atoms with Crippen LogP contribution in [0.25, 0.3) is 0 Å². The van der Waals surface area contributed by atoms with Crippen molar-refractivity contribution >= 4 is 5.91 Å². The molecule has 7 heteroatoms. The lowest BCUT2D eigenvalue weighted by molar-refractivity contribution is 0.0727. The Morgan fingerprint density at radius 3 is 2.59 bits per heavy atom. The van der Waals surface area contributed by atoms with Gasteiger partial charge in [0, 0.05) is 23.5 Å². The molecule has 2 N–H and O–H groups in total. The fraction of sp³-hybridized carbons (Fsp3) is 0.500. The van der Waals surface area contributed by atoms with E-state index in [-0.39, 0.29) is 34.5 Å². The van der Waals surface area contributed by atoms with Crippen molar-refractivity contribution in [1.29, 1.82) is 0 Å². The highest BCUT2D eigenvalue weighted by molar-refractivity contribution is 5.94. The Kier molecular flexibility index (Phi) is 5.30. The van der Waals surface area contributed by atoms with Crippen molar-refractivity contribution in [1.82, 2.24) is 19.9 Å². The van der Waals surface area contributed by atoms with Crippen LogP contribution in [0.4, 0.5) is 0 Å². The topological polar surface area (TPSA) is 98.9 Å². The molecule has 0 unspecified atom stereocenters. The van der Waals surface area contributed by atoms with Gasteiger partial charge < -0.3 is 14.9 Å². The van der Waals surface area contributed by atoms with Crippen LogP contribution >= 0.6 is 0 Å². The molecule has 0 spiro atoms. The molecule has 1 atom stereocenters. The van der Waals surface area contributed by atoms with E-state index in [0.29, 0.717) is 36.5 Å².